The Morgan fingerprint density at radius 3 is 2.59 bits per heavy atom. The molecule has 27 heavy (non-hydrogen) atoms. The number of hydrogen-bond donors (Lipinski definition) is 1. The monoisotopic (exact) mass is 385 g/mol. The van der Waals surface area contributed by atoms with Crippen molar-refractivity contribution in [3.8, 4) is 0 Å². The number of ether oxygens (including phenoxy) is 1. The Morgan fingerprint density at radius 1 is 1.11 bits per heavy atom. The molecule has 0 unspecified atom stereocenters. The van der Waals surface area contributed by atoms with Gasteiger partial charge in [-0.05, 0) is 42.7 Å². The molecule has 0 aliphatic carbocycles. The van der Waals surface area contributed by atoms with E-state index in [0.717, 1.165) is 5.56 Å². The smallest absolute Gasteiger partial charge is 0.375 e. The van der Waals surface area contributed by atoms with Crippen LogP contribution in [0.1, 0.15) is 35.9 Å². The molecule has 5 nitrogen and oxygen atoms in total. The molecule has 0 fully saturated rings. The van der Waals surface area contributed by atoms with Crippen molar-refractivity contribution in [2.24, 2.45) is 0 Å². The molecule has 6 heteroatoms. The fraction of sp³-hybridized carbons (Fsp3) is 0.238. The number of rotatable bonds is 6. The summed E-state index contributed by atoms with van der Waals surface area (Å²) in [5.74, 6) is -0.867. The molecule has 3 aromatic rings. The van der Waals surface area contributed by atoms with Crippen LogP contribution >= 0.6 is 11.6 Å². The number of fused-ring (bicyclic) bond motifs is 1. The Hall–Kier alpha value is -2.79. The van der Waals surface area contributed by atoms with Gasteiger partial charge in [0, 0.05) is 17.0 Å². The third kappa shape index (κ3) is 4.68. The summed E-state index contributed by atoms with van der Waals surface area (Å²) in [4.78, 5) is 24.5. The number of nitrogens with one attached hydrogen (secondary N) is 1. The van der Waals surface area contributed by atoms with Crippen LogP contribution in [-0.4, -0.2) is 24.5 Å². The van der Waals surface area contributed by atoms with Crippen molar-refractivity contribution in [1.82, 2.24) is 5.32 Å². The van der Waals surface area contributed by atoms with E-state index in [4.69, 9.17) is 20.8 Å². The molecular weight excluding hydrogens is 366 g/mol. The molecule has 1 heterocycles. The number of benzene rings is 2. The van der Waals surface area contributed by atoms with Gasteiger partial charge in [-0.25, -0.2) is 4.79 Å². The van der Waals surface area contributed by atoms with Crippen LogP contribution in [0, 0.1) is 0 Å². The second kappa shape index (κ2) is 8.27. The zero-order valence-electron chi connectivity index (χ0n) is 15.1. The van der Waals surface area contributed by atoms with Crippen LogP contribution in [0.25, 0.3) is 11.0 Å². The average Bonchev–Trinajstić information content (AvgIpc) is 3.09. The zero-order chi connectivity index (χ0) is 19.4. The van der Waals surface area contributed by atoms with E-state index in [9.17, 15) is 9.59 Å². The molecule has 1 amide bonds. The molecule has 0 bridgehead atoms. The first kappa shape index (κ1) is 19.0. The van der Waals surface area contributed by atoms with Gasteiger partial charge in [0.15, 0.2) is 6.10 Å². The van der Waals surface area contributed by atoms with Crippen molar-refractivity contribution in [2.75, 3.05) is 6.54 Å². The van der Waals surface area contributed by atoms with Crippen LogP contribution < -0.4 is 5.32 Å². The molecule has 2 atom stereocenters. The SMILES string of the molecule is C[C@@H](OC(=O)c1cc2cc(Cl)ccc2o1)C(=O)NC[C@H](C)c1ccccc1. The van der Waals surface area contributed by atoms with Crippen LogP contribution in [0.5, 0.6) is 0 Å². The van der Waals surface area contributed by atoms with E-state index in [1.54, 1.807) is 24.3 Å². The number of furan rings is 1. The zero-order valence-corrected chi connectivity index (χ0v) is 15.8. The highest BCUT2D eigenvalue weighted by Gasteiger charge is 2.22. The van der Waals surface area contributed by atoms with Crippen LogP contribution in [0.15, 0.2) is 59.0 Å². The van der Waals surface area contributed by atoms with Gasteiger partial charge in [-0.1, -0.05) is 48.9 Å². The van der Waals surface area contributed by atoms with Crippen LogP contribution in [-0.2, 0) is 9.53 Å². The van der Waals surface area contributed by atoms with E-state index in [1.165, 1.54) is 6.92 Å². The first-order chi connectivity index (χ1) is 12.9. The predicted molar refractivity (Wildman–Crippen MR) is 104 cm³/mol. The molecule has 0 aliphatic heterocycles. The lowest BCUT2D eigenvalue weighted by Gasteiger charge is -2.16. The number of hydrogen-bond acceptors (Lipinski definition) is 4. The van der Waals surface area contributed by atoms with Crippen molar-refractivity contribution >= 4 is 34.4 Å². The van der Waals surface area contributed by atoms with Gasteiger partial charge in [-0.2, -0.15) is 0 Å². The van der Waals surface area contributed by atoms with Crippen molar-refractivity contribution in [3.05, 3.63) is 70.9 Å². The van der Waals surface area contributed by atoms with Crippen LogP contribution in [0.2, 0.25) is 5.02 Å². The largest absolute Gasteiger partial charge is 0.449 e. The maximum absolute atomic E-state index is 12.2. The average molecular weight is 386 g/mol. The molecule has 0 saturated heterocycles. The van der Waals surface area contributed by atoms with Crippen molar-refractivity contribution in [1.29, 1.82) is 0 Å². The van der Waals surface area contributed by atoms with Gasteiger partial charge in [0.05, 0.1) is 0 Å². The summed E-state index contributed by atoms with van der Waals surface area (Å²) in [7, 11) is 0. The Balaban J connectivity index is 1.56. The van der Waals surface area contributed by atoms with E-state index >= 15 is 0 Å². The Morgan fingerprint density at radius 2 is 1.85 bits per heavy atom. The fourth-order valence-corrected chi connectivity index (χ4v) is 2.86. The van der Waals surface area contributed by atoms with E-state index in [1.807, 2.05) is 37.3 Å². The summed E-state index contributed by atoms with van der Waals surface area (Å²) in [6.45, 7) is 4.00. The van der Waals surface area contributed by atoms with Gasteiger partial charge in [0.1, 0.15) is 5.58 Å². The molecule has 140 valence electrons. The highest BCUT2D eigenvalue weighted by atomic mass is 35.5. The third-order valence-electron chi connectivity index (χ3n) is 4.28. The molecular formula is C21H20ClNO4. The summed E-state index contributed by atoms with van der Waals surface area (Å²) >= 11 is 5.93. The predicted octanol–water partition coefficient (Wildman–Crippen LogP) is 4.55. The molecule has 0 spiro atoms. The first-order valence-corrected chi connectivity index (χ1v) is 9.04. The summed E-state index contributed by atoms with van der Waals surface area (Å²) in [6, 6.07) is 16.5. The molecule has 2 aromatic carbocycles. The van der Waals surface area contributed by atoms with Crippen molar-refractivity contribution < 1.29 is 18.7 Å². The second-order valence-electron chi connectivity index (χ2n) is 6.40. The van der Waals surface area contributed by atoms with E-state index in [0.29, 0.717) is 22.5 Å². The number of amides is 1. The van der Waals surface area contributed by atoms with Gasteiger partial charge in [-0.3, -0.25) is 4.79 Å². The topological polar surface area (TPSA) is 68.5 Å². The maximum atomic E-state index is 12.2. The van der Waals surface area contributed by atoms with Gasteiger partial charge >= 0.3 is 5.97 Å². The standard InChI is InChI=1S/C21H20ClNO4/c1-13(15-6-4-3-5-7-15)12-23-20(24)14(2)26-21(25)19-11-16-10-17(22)8-9-18(16)27-19/h3-11,13-14H,12H2,1-2H3,(H,23,24)/t13-,14+/m0/s1. The molecule has 3 rings (SSSR count). The highest BCUT2D eigenvalue weighted by molar-refractivity contribution is 6.31. The second-order valence-corrected chi connectivity index (χ2v) is 6.83. The molecule has 1 aromatic heterocycles. The van der Waals surface area contributed by atoms with E-state index in [-0.39, 0.29) is 17.6 Å². The Labute approximate surface area is 162 Å². The minimum Gasteiger partial charge on any atom is -0.449 e. The third-order valence-corrected chi connectivity index (χ3v) is 4.52. The van der Waals surface area contributed by atoms with E-state index < -0.39 is 12.1 Å². The molecule has 0 radical (unpaired) electrons. The van der Waals surface area contributed by atoms with Crippen LogP contribution in [0.4, 0.5) is 0 Å². The number of halogens is 1. The lowest BCUT2D eigenvalue weighted by molar-refractivity contribution is -0.129. The number of esters is 1. The Bertz CT molecular complexity index is 951. The quantitative estimate of drug-likeness (QED) is 0.632. The molecule has 0 saturated carbocycles. The summed E-state index contributed by atoms with van der Waals surface area (Å²) < 4.78 is 10.7. The molecule has 0 aliphatic rings. The minimum atomic E-state index is -0.933. The van der Waals surface area contributed by atoms with Gasteiger partial charge in [0.2, 0.25) is 5.76 Å². The summed E-state index contributed by atoms with van der Waals surface area (Å²) in [5.41, 5.74) is 1.66. The van der Waals surface area contributed by atoms with E-state index in [2.05, 4.69) is 5.32 Å². The maximum Gasteiger partial charge on any atom is 0.375 e. The van der Waals surface area contributed by atoms with Gasteiger partial charge < -0.3 is 14.5 Å². The number of carbonyl (C=O) groups is 2. The summed E-state index contributed by atoms with van der Waals surface area (Å²) in [6.07, 6.45) is -0.933. The minimum absolute atomic E-state index is 0.0320. The van der Waals surface area contributed by atoms with Crippen molar-refractivity contribution in [2.45, 2.75) is 25.9 Å². The normalized spacial score (nSPS) is 13.1. The Kier molecular flexibility index (Phi) is 5.81. The summed E-state index contributed by atoms with van der Waals surface area (Å²) in [5, 5.41) is 4.05. The van der Waals surface area contributed by atoms with Gasteiger partial charge in [-0.15, -0.1) is 0 Å². The lowest BCUT2D eigenvalue weighted by atomic mass is 10.0. The van der Waals surface area contributed by atoms with Gasteiger partial charge in [0.25, 0.3) is 5.91 Å². The van der Waals surface area contributed by atoms with Crippen molar-refractivity contribution in [3.63, 3.8) is 0 Å². The lowest BCUT2D eigenvalue weighted by Crippen LogP contribution is -2.37. The fourth-order valence-electron chi connectivity index (χ4n) is 2.68. The van der Waals surface area contributed by atoms with Crippen LogP contribution in [0.3, 0.4) is 0 Å². The molecule has 1 N–H and O–H groups in total. The number of carbonyl (C=O) groups excluding carboxylic acids is 2. The highest BCUT2D eigenvalue weighted by Crippen LogP contribution is 2.23. The first-order valence-electron chi connectivity index (χ1n) is 8.67.